The van der Waals surface area contributed by atoms with E-state index in [1.165, 1.54) is 29.5 Å². The van der Waals surface area contributed by atoms with Crippen molar-refractivity contribution in [3.05, 3.63) is 52.2 Å². The molecule has 8 heteroatoms. The van der Waals surface area contributed by atoms with Crippen LogP contribution >= 0.6 is 11.3 Å². The smallest absolute Gasteiger partial charge is 0.332 e. The number of benzene rings is 1. The molecule has 1 aliphatic heterocycles. The van der Waals surface area contributed by atoms with Gasteiger partial charge in [-0.25, -0.2) is 13.2 Å². The maximum atomic E-state index is 12.2. The van der Waals surface area contributed by atoms with Crippen LogP contribution in [0, 0.1) is 0 Å². The second-order valence-corrected chi connectivity index (χ2v) is 7.10. The first-order valence-electron chi connectivity index (χ1n) is 6.01. The molecule has 108 valence electrons. The van der Waals surface area contributed by atoms with E-state index in [0.29, 0.717) is 0 Å². The van der Waals surface area contributed by atoms with Gasteiger partial charge in [0.15, 0.2) is 0 Å². The number of nitrogens with zero attached hydrogens (tertiary/aromatic N) is 1. The summed E-state index contributed by atoms with van der Waals surface area (Å²) >= 11 is 1.43. The number of thiophene rings is 1. The van der Waals surface area contributed by atoms with Crippen molar-refractivity contribution in [3.63, 3.8) is 0 Å². The molecule has 1 aromatic carbocycles. The van der Waals surface area contributed by atoms with Crippen LogP contribution < -0.4 is 5.32 Å². The van der Waals surface area contributed by atoms with E-state index in [9.17, 15) is 18.0 Å². The van der Waals surface area contributed by atoms with Gasteiger partial charge in [-0.1, -0.05) is 18.2 Å². The number of urea groups is 1. The van der Waals surface area contributed by atoms with Crippen LogP contribution in [0.15, 0.2) is 46.7 Å². The van der Waals surface area contributed by atoms with Crippen LogP contribution in [0.1, 0.15) is 15.2 Å². The van der Waals surface area contributed by atoms with Gasteiger partial charge in [0.1, 0.15) is 4.90 Å². The third-order valence-electron chi connectivity index (χ3n) is 3.00. The summed E-state index contributed by atoms with van der Waals surface area (Å²) in [7, 11) is -4.11. The van der Waals surface area contributed by atoms with Crippen molar-refractivity contribution in [1.82, 2.24) is 9.62 Å². The Bertz CT molecular complexity index is 812. The molecule has 0 saturated carbocycles. The first-order chi connectivity index (χ1) is 10.0. The standard InChI is InChI=1S/C13H10N2O4S2/c16-12-10-5-1-2-6-11(10)21(18,19)15(12)13(17)14-8-9-4-3-7-20-9/h1-7H,8H2,(H,14,17). The lowest BCUT2D eigenvalue weighted by Gasteiger charge is -2.13. The predicted octanol–water partition coefficient (Wildman–Crippen LogP) is 1.80. The number of imide groups is 1. The van der Waals surface area contributed by atoms with E-state index in [2.05, 4.69) is 5.32 Å². The van der Waals surface area contributed by atoms with E-state index in [-0.39, 0.29) is 21.3 Å². The highest BCUT2D eigenvalue weighted by Gasteiger charge is 2.45. The fourth-order valence-electron chi connectivity index (χ4n) is 2.03. The summed E-state index contributed by atoms with van der Waals surface area (Å²) in [5.41, 5.74) is 0.0174. The fraction of sp³-hybridized carbons (Fsp3) is 0.0769. The summed E-state index contributed by atoms with van der Waals surface area (Å²) < 4.78 is 24.8. The van der Waals surface area contributed by atoms with Crippen LogP contribution in [-0.2, 0) is 16.6 Å². The highest BCUT2D eigenvalue weighted by molar-refractivity contribution is 7.90. The summed E-state index contributed by atoms with van der Waals surface area (Å²) in [5.74, 6) is -0.825. The Morgan fingerprint density at radius 2 is 1.95 bits per heavy atom. The fourth-order valence-corrected chi connectivity index (χ4v) is 4.16. The topological polar surface area (TPSA) is 83.6 Å². The average molecular weight is 322 g/mol. The number of fused-ring (bicyclic) bond motifs is 1. The van der Waals surface area contributed by atoms with Gasteiger partial charge in [0.05, 0.1) is 12.1 Å². The van der Waals surface area contributed by atoms with E-state index >= 15 is 0 Å². The van der Waals surface area contributed by atoms with Crippen molar-refractivity contribution in [2.45, 2.75) is 11.4 Å². The van der Waals surface area contributed by atoms with E-state index in [1.54, 1.807) is 12.1 Å². The maximum absolute atomic E-state index is 12.2. The highest BCUT2D eigenvalue weighted by Crippen LogP contribution is 2.29. The Balaban J connectivity index is 1.86. The SMILES string of the molecule is O=C(NCc1cccs1)N1C(=O)c2ccccc2S1(=O)=O. The lowest BCUT2D eigenvalue weighted by molar-refractivity contribution is 0.0893. The van der Waals surface area contributed by atoms with Gasteiger partial charge in [-0.15, -0.1) is 15.6 Å². The average Bonchev–Trinajstić information content (AvgIpc) is 3.04. The second-order valence-electron chi connectivity index (χ2n) is 4.31. The van der Waals surface area contributed by atoms with Crippen LogP contribution in [0.25, 0.3) is 0 Å². The molecular formula is C13H10N2O4S2. The Labute approximate surface area is 125 Å². The van der Waals surface area contributed by atoms with Gasteiger partial charge in [-0.2, -0.15) is 0 Å². The number of carbonyl (C=O) groups is 2. The first-order valence-corrected chi connectivity index (χ1v) is 8.32. The largest absolute Gasteiger partial charge is 0.339 e. The number of rotatable bonds is 2. The van der Waals surface area contributed by atoms with Crippen molar-refractivity contribution in [2.75, 3.05) is 0 Å². The lowest BCUT2D eigenvalue weighted by Crippen LogP contribution is -2.43. The molecule has 3 rings (SSSR count). The van der Waals surface area contributed by atoms with Crippen molar-refractivity contribution in [3.8, 4) is 0 Å². The highest BCUT2D eigenvalue weighted by atomic mass is 32.2. The minimum absolute atomic E-state index is 0.0174. The van der Waals surface area contributed by atoms with Crippen LogP contribution in [-0.4, -0.2) is 24.7 Å². The number of nitrogens with one attached hydrogen (secondary N) is 1. The predicted molar refractivity (Wildman–Crippen MR) is 76.4 cm³/mol. The summed E-state index contributed by atoms with van der Waals surface area (Å²) in [6.07, 6.45) is 0. The van der Waals surface area contributed by atoms with Crippen molar-refractivity contribution < 1.29 is 18.0 Å². The van der Waals surface area contributed by atoms with Crippen LogP contribution in [0.3, 0.4) is 0 Å². The summed E-state index contributed by atoms with van der Waals surface area (Å²) in [5, 5.41) is 4.29. The zero-order chi connectivity index (χ0) is 15.0. The molecule has 1 aliphatic rings. The molecule has 21 heavy (non-hydrogen) atoms. The van der Waals surface area contributed by atoms with Gasteiger partial charge in [0, 0.05) is 4.88 Å². The van der Waals surface area contributed by atoms with Crippen LogP contribution in [0.2, 0.25) is 0 Å². The molecule has 0 atom stereocenters. The Morgan fingerprint density at radius 3 is 2.62 bits per heavy atom. The summed E-state index contributed by atoms with van der Waals surface area (Å²) in [6.45, 7) is 0.173. The zero-order valence-electron chi connectivity index (χ0n) is 10.6. The molecule has 0 bridgehead atoms. The Hall–Kier alpha value is -2.19. The van der Waals surface area contributed by atoms with Crippen LogP contribution in [0.5, 0.6) is 0 Å². The molecule has 2 heterocycles. The Kier molecular flexibility index (Phi) is 3.26. The van der Waals surface area contributed by atoms with E-state index in [1.807, 2.05) is 11.4 Å². The monoisotopic (exact) mass is 322 g/mol. The number of sulfonamides is 1. The molecule has 6 nitrogen and oxygen atoms in total. The van der Waals surface area contributed by atoms with Crippen molar-refractivity contribution in [1.29, 1.82) is 0 Å². The third kappa shape index (κ3) is 2.22. The molecule has 0 spiro atoms. The summed E-state index contributed by atoms with van der Waals surface area (Å²) in [4.78, 5) is 24.9. The number of hydrogen-bond acceptors (Lipinski definition) is 5. The third-order valence-corrected chi connectivity index (χ3v) is 5.60. The van der Waals surface area contributed by atoms with E-state index in [0.717, 1.165) is 4.88 Å². The number of amides is 3. The van der Waals surface area contributed by atoms with E-state index < -0.39 is 22.0 Å². The molecule has 0 saturated heterocycles. The van der Waals surface area contributed by atoms with Gasteiger partial charge in [0.2, 0.25) is 0 Å². The molecule has 0 unspecified atom stereocenters. The molecule has 0 radical (unpaired) electrons. The lowest BCUT2D eigenvalue weighted by atomic mass is 10.2. The van der Waals surface area contributed by atoms with Gasteiger partial charge < -0.3 is 5.32 Å². The molecule has 1 N–H and O–H groups in total. The molecule has 2 aromatic rings. The minimum Gasteiger partial charge on any atom is -0.332 e. The molecule has 0 fully saturated rings. The number of carbonyl (C=O) groups excluding carboxylic acids is 2. The quantitative estimate of drug-likeness (QED) is 0.914. The molecule has 1 aromatic heterocycles. The molecular weight excluding hydrogens is 312 g/mol. The second kappa shape index (κ2) is 4.97. The first kappa shape index (κ1) is 13.8. The zero-order valence-corrected chi connectivity index (χ0v) is 12.3. The van der Waals surface area contributed by atoms with Crippen molar-refractivity contribution >= 4 is 33.3 Å². The van der Waals surface area contributed by atoms with Gasteiger partial charge in [-0.05, 0) is 23.6 Å². The number of hydrogen-bond donors (Lipinski definition) is 1. The maximum Gasteiger partial charge on any atom is 0.339 e. The van der Waals surface area contributed by atoms with Gasteiger partial charge in [-0.3, -0.25) is 4.79 Å². The van der Waals surface area contributed by atoms with Gasteiger partial charge >= 0.3 is 6.03 Å². The van der Waals surface area contributed by atoms with E-state index in [4.69, 9.17) is 0 Å². The molecule has 3 amide bonds. The van der Waals surface area contributed by atoms with Crippen molar-refractivity contribution in [2.24, 2.45) is 0 Å². The van der Waals surface area contributed by atoms with Gasteiger partial charge in [0.25, 0.3) is 15.9 Å². The summed E-state index contributed by atoms with van der Waals surface area (Å²) in [6, 6.07) is 8.46. The Morgan fingerprint density at radius 1 is 1.19 bits per heavy atom. The normalized spacial score (nSPS) is 15.8. The molecule has 0 aliphatic carbocycles. The van der Waals surface area contributed by atoms with Crippen LogP contribution in [0.4, 0.5) is 4.79 Å². The minimum atomic E-state index is -4.11.